The number of hydrogen-bond donors (Lipinski definition) is 1. The number of rotatable bonds is 0. The molecule has 10 heavy (non-hydrogen) atoms. The number of thiophene rings is 1. The maximum absolute atomic E-state index is 5.85. The van der Waals surface area contributed by atoms with Gasteiger partial charge in [-0.1, -0.05) is 0 Å². The van der Waals surface area contributed by atoms with E-state index in [1.54, 1.807) is 11.3 Å². The molecule has 1 aliphatic carbocycles. The summed E-state index contributed by atoms with van der Waals surface area (Å²) in [7, 11) is 0. The maximum Gasteiger partial charge on any atom is 0.0704 e. The molecule has 0 aliphatic heterocycles. The van der Waals surface area contributed by atoms with Crippen molar-refractivity contribution in [2.75, 3.05) is 0 Å². The van der Waals surface area contributed by atoms with Gasteiger partial charge in [-0.25, -0.2) is 0 Å². The summed E-state index contributed by atoms with van der Waals surface area (Å²) in [6.45, 7) is 0. The molecule has 0 saturated carbocycles. The third-order valence-electron chi connectivity index (χ3n) is 1.87. The monoisotopic (exact) mass is 217 g/mol. The highest BCUT2D eigenvalue weighted by molar-refractivity contribution is 9.11. The highest BCUT2D eigenvalue weighted by atomic mass is 79.9. The number of aryl methyl sites for hydroxylation is 1. The van der Waals surface area contributed by atoms with Gasteiger partial charge in [0.05, 0.1) is 3.79 Å². The Balaban J connectivity index is 2.49. The van der Waals surface area contributed by atoms with Gasteiger partial charge >= 0.3 is 0 Å². The predicted molar refractivity (Wildman–Crippen MR) is 47.3 cm³/mol. The Morgan fingerprint density at radius 2 is 2.50 bits per heavy atom. The zero-order valence-electron chi connectivity index (χ0n) is 5.43. The zero-order valence-corrected chi connectivity index (χ0v) is 7.83. The van der Waals surface area contributed by atoms with Crippen molar-refractivity contribution >= 4 is 27.3 Å². The summed E-state index contributed by atoms with van der Waals surface area (Å²) in [5.74, 6) is 0. The van der Waals surface area contributed by atoms with Crippen molar-refractivity contribution < 1.29 is 0 Å². The van der Waals surface area contributed by atoms with Crippen LogP contribution in [0.1, 0.15) is 22.9 Å². The molecular formula is C7H8BrNS. The third-order valence-corrected chi connectivity index (χ3v) is 3.69. The minimum absolute atomic E-state index is 0.311. The molecule has 0 aromatic carbocycles. The highest BCUT2D eigenvalue weighted by Crippen LogP contribution is 2.38. The summed E-state index contributed by atoms with van der Waals surface area (Å²) in [5.41, 5.74) is 7.30. The molecule has 1 aliphatic rings. The first-order valence-corrected chi connectivity index (χ1v) is 4.92. The second-order valence-electron chi connectivity index (χ2n) is 2.59. The quantitative estimate of drug-likeness (QED) is 0.711. The summed E-state index contributed by atoms with van der Waals surface area (Å²) >= 11 is 5.22. The second kappa shape index (κ2) is 2.32. The fraction of sp³-hybridized carbons (Fsp3) is 0.429. The van der Waals surface area contributed by atoms with Gasteiger partial charge in [0.2, 0.25) is 0 Å². The number of halogens is 1. The summed E-state index contributed by atoms with van der Waals surface area (Å²) in [4.78, 5) is 1.38. The average Bonchev–Trinajstić information content (AvgIpc) is 2.35. The van der Waals surface area contributed by atoms with Gasteiger partial charge in [-0.3, -0.25) is 0 Å². The van der Waals surface area contributed by atoms with Crippen LogP contribution in [0.4, 0.5) is 0 Å². The smallest absolute Gasteiger partial charge is 0.0704 e. The van der Waals surface area contributed by atoms with Crippen LogP contribution in [0.3, 0.4) is 0 Å². The van der Waals surface area contributed by atoms with E-state index >= 15 is 0 Å². The Morgan fingerprint density at radius 3 is 3.20 bits per heavy atom. The van der Waals surface area contributed by atoms with E-state index in [1.165, 1.54) is 20.6 Å². The molecule has 2 rings (SSSR count). The van der Waals surface area contributed by atoms with Crippen molar-refractivity contribution in [2.24, 2.45) is 5.73 Å². The summed E-state index contributed by atoms with van der Waals surface area (Å²) in [6.07, 6.45) is 2.30. The van der Waals surface area contributed by atoms with Crippen LogP contribution in [0.2, 0.25) is 0 Å². The van der Waals surface area contributed by atoms with Crippen molar-refractivity contribution in [2.45, 2.75) is 18.9 Å². The Labute approximate surface area is 72.4 Å². The van der Waals surface area contributed by atoms with Gasteiger partial charge in [0.15, 0.2) is 0 Å². The molecular weight excluding hydrogens is 210 g/mol. The van der Waals surface area contributed by atoms with Gasteiger partial charge in [-0.2, -0.15) is 0 Å². The molecule has 0 saturated heterocycles. The minimum Gasteiger partial charge on any atom is -0.323 e. The minimum atomic E-state index is 0.311. The average molecular weight is 218 g/mol. The van der Waals surface area contributed by atoms with Crippen molar-refractivity contribution in [3.8, 4) is 0 Å². The maximum atomic E-state index is 5.85. The molecule has 1 atom stereocenters. The molecule has 0 bridgehead atoms. The van der Waals surface area contributed by atoms with Gasteiger partial charge in [0.1, 0.15) is 0 Å². The van der Waals surface area contributed by atoms with Gasteiger partial charge in [0, 0.05) is 10.9 Å². The van der Waals surface area contributed by atoms with Crippen molar-refractivity contribution in [1.29, 1.82) is 0 Å². The van der Waals surface area contributed by atoms with E-state index in [-0.39, 0.29) is 0 Å². The lowest BCUT2D eigenvalue weighted by molar-refractivity contribution is 0.720. The molecule has 0 radical (unpaired) electrons. The topological polar surface area (TPSA) is 26.0 Å². The Bertz CT molecular complexity index is 256. The van der Waals surface area contributed by atoms with Crippen LogP contribution < -0.4 is 5.73 Å². The van der Waals surface area contributed by atoms with Gasteiger partial charge in [-0.05, 0) is 40.4 Å². The normalized spacial score (nSPS) is 23.2. The molecule has 0 fully saturated rings. The molecule has 54 valence electrons. The summed E-state index contributed by atoms with van der Waals surface area (Å²) < 4.78 is 1.22. The van der Waals surface area contributed by atoms with E-state index in [2.05, 4.69) is 22.0 Å². The molecule has 1 nitrogen and oxygen atoms in total. The Hall–Kier alpha value is 0.140. The Kier molecular flexibility index (Phi) is 1.59. The lowest BCUT2D eigenvalue weighted by Crippen LogP contribution is -2.02. The van der Waals surface area contributed by atoms with E-state index in [0.717, 1.165) is 6.42 Å². The molecule has 0 spiro atoms. The number of nitrogens with two attached hydrogens (primary N) is 1. The molecule has 1 aromatic rings. The van der Waals surface area contributed by atoms with E-state index in [9.17, 15) is 0 Å². The van der Waals surface area contributed by atoms with Crippen LogP contribution in [0.15, 0.2) is 9.85 Å². The first-order chi connectivity index (χ1) is 4.77. The molecule has 2 N–H and O–H groups in total. The van der Waals surface area contributed by atoms with Crippen LogP contribution in [0.5, 0.6) is 0 Å². The predicted octanol–water partition coefficient (Wildman–Crippen LogP) is 2.46. The van der Waals surface area contributed by atoms with Crippen LogP contribution in [-0.4, -0.2) is 0 Å². The first-order valence-electron chi connectivity index (χ1n) is 3.31. The van der Waals surface area contributed by atoms with Crippen LogP contribution >= 0.6 is 27.3 Å². The highest BCUT2D eigenvalue weighted by Gasteiger charge is 2.21. The molecule has 1 heterocycles. The third kappa shape index (κ3) is 0.929. The van der Waals surface area contributed by atoms with Gasteiger partial charge < -0.3 is 5.73 Å². The standard InChI is InChI=1S/C7H8BrNS/c8-6-3-4-1-2-5(9)7(4)10-6/h3,5H,1-2,9H2. The van der Waals surface area contributed by atoms with Crippen molar-refractivity contribution in [3.05, 3.63) is 20.3 Å². The SMILES string of the molecule is NC1CCc2cc(Br)sc21. The van der Waals surface area contributed by atoms with E-state index in [4.69, 9.17) is 5.73 Å². The lowest BCUT2D eigenvalue weighted by Gasteiger charge is -1.97. The first kappa shape index (κ1) is 6.83. The molecule has 0 amide bonds. The van der Waals surface area contributed by atoms with Gasteiger partial charge in [-0.15, -0.1) is 11.3 Å². The van der Waals surface area contributed by atoms with Crippen molar-refractivity contribution in [1.82, 2.24) is 0 Å². The molecule has 3 heteroatoms. The largest absolute Gasteiger partial charge is 0.323 e. The van der Waals surface area contributed by atoms with Crippen LogP contribution in [0.25, 0.3) is 0 Å². The van der Waals surface area contributed by atoms with Crippen molar-refractivity contribution in [3.63, 3.8) is 0 Å². The zero-order chi connectivity index (χ0) is 7.14. The summed E-state index contributed by atoms with van der Waals surface area (Å²) in [5, 5.41) is 0. The van der Waals surface area contributed by atoms with E-state index in [1.807, 2.05) is 0 Å². The van der Waals surface area contributed by atoms with E-state index in [0.29, 0.717) is 6.04 Å². The molecule has 1 unspecified atom stereocenters. The van der Waals surface area contributed by atoms with Gasteiger partial charge in [0.25, 0.3) is 0 Å². The lowest BCUT2D eigenvalue weighted by atomic mass is 10.3. The van der Waals surface area contributed by atoms with Crippen LogP contribution in [0, 0.1) is 0 Å². The second-order valence-corrected chi connectivity index (χ2v) is 5.05. The fourth-order valence-electron chi connectivity index (χ4n) is 1.36. The number of fused-ring (bicyclic) bond motifs is 1. The fourth-order valence-corrected chi connectivity index (χ4v) is 3.13. The molecule has 1 aromatic heterocycles. The van der Waals surface area contributed by atoms with E-state index < -0.39 is 0 Å². The Morgan fingerprint density at radius 1 is 1.70 bits per heavy atom. The number of hydrogen-bond acceptors (Lipinski definition) is 2. The van der Waals surface area contributed by atoms with Crippen LogP contribution in [-0.2, 0) is 6.42 Å². The summed E-state index contributed by atoms with van der Waals surface area (Å²) in [6, 6.07) is 2.50.